The minimum atomic E-state index is -0.542. The van der Waals surface area contributed by atoms with Crippen LogP contribution in [0.5, 0.6) is 0 Å². The van der Waals surface area contributed by atoms with Gasteiger partial charge in [0.1, 0.15) is 6.04 Å². The molecule has 19 heavy (non-hydrogen) atoms. The Kier molecular flexibility index (Phi) is 4.93. The van der Waals surface area contributed by atoms with Gasteiger partial charge in [-0.05, 0) is 24.3 Å². The molecule has 1 atom stereocenters. The standard InChI is InChI=1S/C15H22N2O2/c1-19-11-12-7-9-17(10-8-12)15(18)14(16)13-5-3-2-4-6-13/h2-6,12,14H,7-11,16H2,1H3/t14-/m1/s1. The van der Waals surface area contributed by atoms with Gasteiger partial charge in [-0.3, -0.25) is 4.79 Å². The number of nitrogens with zero attached hydrogens (tertiary/aromatic N) is 1. The fraction of sp³-hybridized carbons (Fsp3) is 0.533. The molecule has 0 aromatic heterocycles. The Hall–Kier alpha value is -1.39. The number of benzene rings is 1. The van der Waals surface area contributed by atoms with Crippen LogP contribution in [0.25, 0.3) is 0 Å². The summed E-state index contributed by atoms with van der Waals surface area (Å²) < 4.78 is 5.17. The van der Waals surface area contributed by atoms with Crippen molar-refractivity contribution in [2.75, 3.05) is 26.8 Å². The average molecular weight is 262 g/mol. The molecule has 2 rings (SSSR count). The largest absolute Gasteiger partial charge is 0.384 e. The van der Waals surface area contributed by atoms with Crippen molar-refractivity contribution in [1.82, 2.24) is 4.90 Å². The van der Waals surface area contributed by atoms with Gasteiger partial charge in [0, 0.05) is 26.8 Å². The summed E-state index contributed by atoms with van der Waals surface area (Å²) in [5.41, 5.74) is 6.93. The number of ether oxygens (including phenoxy) is 1. The molecule has 4 nitrogen and oxygen atoms in total. The summed E-state index contributed by atoms with van der Waals surface area (Å²) in [6, 6.07) is 9.01. The smallest absolute Gasteiger partial charge is 0.244 e. The van der Waals surface area contributed by atoms with E-state index in [1.54, 1.807) is 7.11 Å². The number of piperidine rings is 1. The van der Waals surface area contributed by atoms with E-state index in [2.05, 4.69) is 0 Å². The molecule has 1 saturated heterocycles. The zero-order chi connectivity index (χ0) is 13.7. The molecule has 0 spiro atoms. The van der Waals surface area contributed by atoms with Crippen molar-refractivity contribution < 1.29 is 9.53 Å². The maximum atomic E-state index is 12.3. The van der Waals surface area contributed by atoms with E-state index in [1.807, 2.05) is 35.2 Å². The second kappa shape index (κ2) is 6.68. The predicted octanol–water partition coefficient (Wildman–Crippen LogP) is 1.57. The number of carbonyl (C=O) groups is 1. The van der Waals surface area contributed by atoms with Crippen LogP contribution in [0.3, 0.4) is 0 Å². The molecule has 104 valence electrons. The Morgan fingerprint density at radius 1 is 1.37 bits per heavy atom. The molecular weight excluding hydrogens is 240 g/mol. The van der Waals surface area contributed by atoms with Crippen LogP contribution in [-0.2, 0) is 9.53 Å². The first kappa shape index (κ1) is 14.0. The third kappa shape index (κ3) is 3.55. The molecule has 1 heterocycles. The highest BCUT2D eigenvalue weighted by atomic mass is 16.5. The van der Waals surface area contributed by atoms with Gasteiger partial charge in [-0.25, -0.2) is 0 Å². The van der Waals surface area contributed by atoms with Crippen molar-refractivity contribution in [2.24, 2.45) is 11.7 Å². The van der Waals surface area contributed by atoms with Crippen LogP contribution in [0, 0.1) is 5.92 Å². The van der Waals surface area contributed by atoms with Gasteiger partial charge in [0.25, 0.3) is 0 Å². The van der Waals surface area contributed by atoms with Gasteiger partial charge in [-0.15, -0.1) is 0 Å². The summed E-state index contributed by atoms with van der Waals surface area (Å²) in [5, 5.41) is 0. The van der Waals surface area contributed by atoms with Crippen molar-refractivity contribution in [3.63, 3.8) is 0 Å². The number of rotatable bonds is 4. The number of hydrogen-bond donors (Lipinski definition) is 1. The number of carbonyl (C=O) groups excluding carboxylic acids is 1. The van der Waals surface area contributed by atoms with E-state index < -0.39 is 6.04 Å². The first-order valence-electron chi connectivity index (χ1n) is 6.80. The first-order chi connectivity index (χ1) is 9.22. The summed E-state index contributed by atoms with van der Waals surface area (Å²) in [4.78, 5) is 14.2. The van der Waals surface area contributed by atoms with Crippen molar-refractivity contribution >= 4 is 5.91 Å². The highest BCUT2D eigenvalue weighted by molar-refractivity contribution is 5.83. The van der Waals surface area contributed by atoms with Crippen LogP contribution in [0.1, 0.15) is 24.4 Å². The zero-order valence-corrected chi connectivity index (χ0v) is 11.4. The van der Waals surface area contributed by atoms with E-state index in [0.717, 1.165) is 38.1 Å². The molecule has 0 saturated carbocycles. The summed E-state index contributed by atoms with van der Waals surface area (Å²) in [7, 11) is 1.73. The van der Waals surface area contributed by atoms with Gasteiger partial charge in [0.15, 0.2) is 0 Å². The van der Waals surface area contributed by atoms with Gasteiger partial charge in [0.2, 0.25) is 5.91 Å². The van der Waals surface area contributed by atoms with E-state index in [4.69, 9.17) is 10.5 Å². The van der Waals surface area contributed by atoms with Gasteiger partial charge in [-0.1, -0.05) is 30.3 Å². The minimum Gasteiger partial charge on any atom is -0.384 e. The Morgan fingerprint density at radius 3 is 2.58 bits per heavy atom. The molecule has 1 amide bonds. The summed E-state index contributed by atoms with van der Waals surface area (Å²) in [6.07, 6.45) is 2.00. The zero-order valence-electron chi connectivity index (χ0n) is 11.4. The van der Waals surface area contributed by atoms with Crippen LogP contribution < -0.4 is 5.73 Å². The predicted molar refractivity (Wildman–Crippen MR) is 74.6 cm³/mol. The maximum Gasteiger partial charge on any atom is 0.244 e. The van der Waals surface area contributed by atoms with Crippen LogP contribution in [0.4, 0.5) is 0 Å². The van der Waals surface area contributed by atoms with Crippen molar-refractivity contribution in [3.05, 3.63) is 35.9 Å². The van der Waals surface area contributed by atoms with Crippen LogP contribution >= 0.6 is 0 Å². The van der Waals surface area contributed by atoms with Gasteiger partial charge >= 0.3 is 0 Å². The molecule has 0 radical (unpaired) electrons. The van der Waals surface area contributed by atoms with Crippen LogP contribution in [0.15, 0.2) is 30.3 Å². The molecule has 1 aromatic carbocycles. The Morgan fingerprint density at radius 2 is 2.00 bits per heavy atom. The molecule has 2 N–H and O–H groups in total. The second-order valence-corrected chi connectivity index (χ2v) is 5.11. The normalized spacial score (nSPS) is 18.3. The molecule has 0 unspecified atom stereocenters. The molecule has 0 aliphatic carbocycles. The van der Waals surface area contributed by atoms with E-state index in [1.165, 1.54) is 0 Å². The average Bonchev–Trinajstić information content (AvgIpc) is 2.48. The first-order valence-corrected chi connectivity index (χ1v) is 6.80. The van der Waals surface area contributed by atoms with E-state index in [0.29, 0.717) is 5.92 Å². The molecule has 1 fully saturated rings. The van der Waals surface area contributed by atoms with Crippen LogP contribution in [-0.4, -0.2) is 37.6 Å². The quantitative estimate of drug-likeness (QED) is 0.896. The summed E-state index contributed by atoms with van der Waals surface area (Å²) in [5.74, 6) is 0.601. The highest BCUT2D eigenvalue weighted by Crippen LogP contribution is 2.20. The summed E-state index contributed by atoms with van der Waals surface area (Å²) in [6.45, 7) is 2.35. The molecule has 1 aromatic rings. The number of hydrogen-bond acceptors (Lipinski definition) is 3. The van der Waals surface area contributed by atoms with E-state index >= 15 is 0 Å². The number of likely N-dealkylation sites (tertiary alicyclic amines) is 1. The molecule has 0 bridgehead atoms. The van der Waals surface area contributed by atoms with Crippen molar-refractivity contribution in [2.45, 2.75) is 18.9 Å². The maximum absolute atomic E-state index is 12.3. The lowest BCUT2D eigenvalue weighted by atomic mass is 9.96. The van der Waals surface area contributed by atoms with E-state index in [-0.39, 0.29) is 5.91 Å². The summed E-state index contributed by atoms with van der Waals surface area (Å²) >= 11 is 0. The topological polar surface area (TPSA) is 55.6 Å². The molecular formula is C15H22N2O2. The third-order valence-electron chi connectivity index (χ3n) is 3.75. The third-order valence-corrected chi connectivity index (χ3v) is 3.75. The number of nitrogens with two attached hydrogens (primary N) is 1. The lowest BCUT2D eigenvalue weighted by molar-refractivity contribution is -0.134. The van der Waals surface area contributed by atoms with Crippen molar-refractivity contribution in [3.8, 4) is 0 Å². The monoisotopic (exact) mass is 262 g/mol. The number of amides is 1. The van der Waals surface area contributed by atoms with Crippen molar-refractivity contribution in [1.29, 1.82) is 0 Å². The Labute approximate surface area is 114 Å². The van der Waals surface area contributed by atoms with Gasteiger partial charge in [0.05, 0.1) is 0 Å². The van der Waals surface area contributed by atoms with Gasteiger partial charge < -0.3 is 15.4 Å². The fourth-order valence-corrected chi connectivity index (χ4v) is 2.56. The van der Waals surface area contributed by atoms with Gasteiger partial charge in [-0.2, -0.15) is 0 Å². The lowest BCUT2D eigenvalue weighted by Gasteiger charge is -2.33. The Bertz CT molecular complexity index is 400. The second-order valence-electron chi connectivity index (χ2n) is 5.11. The molecule has 1 aliphatic rings. The van der Waals surface area contributed by atoms with Crippen LogP contribution in [0.2, 0.25) is 0 Å². The Balaban J connectivity index is 1.91. The SMILES string of the molecule is COCC1CCN(C(=O)[C@H](N)c2ccccc2)CC1. The fourth-order valence-electron chi connectivity index (χ4n) is 2.56. The van der Waals surface area contributed by atoms with E-state index in [9.17, 15) is 4.79 Å². The number of methoxy groups -OCH3 is 1. The molecule has 4 heteroatoms. The highest BCUT2D eigenvalue weighted by Gasteiger charge is 2.26. The molecule has 1 aliphatic heterocycles. The minimum absolute atomic E-state index is 0.0297. The lowest BCUT2D eigenvalue weighted by Crippen LogP contribution is -2.43.